The molecule has 4 heterocycles. The monoisotopic (exact) mass is 476 g/mol. The molecule has 3 N–H and O–H groups in total. The fourth-order valence-electron chi connectivity index (χ4n) is 5.00. The van der Waals surface area contributed by atoms with Crippen LogP contribution in [0.4, 0.5) is 17.2 Å². The summed E-state index contributed by atoms with van der Waals surface area (Å²) in [4.78, 5) is 18.7. The number of nitrogens with one attached hydrogen (secondary N) is 3. The Labute approximate surface area is 209 Å². The van der Waals surface area contributed by atoms with Crippen LogP contribution >= 0.6 is 0 Å². The van der Waals surface area contributed by atoms with E-state index in [1.54, 1.807) is 18.9 Å². The normalized spacial score (nSPS) is 15.7. The van der Waals surface area contributed by atoms with Crippen molar-refractivity contribution >= 4 is 28.2 Å². The summed E-state index contributed by atoms with van der Waals surface area (Å²) in [6.07, 6.45) is 11.3. The third kappa shape index (κ3) is 4.40. The molecule has 6 rings (SSSR count). The third-order valence-electron chi connectivity index (χ3n) is 6.68. The first kappa shape index (κ1) is 21.9. The number of benzene rings is 2. The minimum Gasteiger partial charge on any atom is -0.355 e. The van der Waals surface area contributed by atoms with E-state index in [4.69, 9.17) is 0 Å². The van der Waals surface area contributed by atoms with Crippen molar-refractivity contribution in [2.45, 2.75) is 18.8 Å². The van der Waals surface area contributed by atoms with Crippen LogP contribution in [0.25, 0.3) is 16.7 Å². The third-order valence-corrected chi connectivity index (χ3v) is 6.68. The van der Waals surface area contributed by atoms with E-state index in [1.807, 2.05) is 41.2 Å². The lowest BCUT2D eigenvalue weighted by Gasteiger charge is -2.34. The number of aromatic amines is 1. The Balaban J connectivity index is 1.16. The first-order valence-corrected chi connectivity index (χ1v) is 12.2. The number of hydrogen-bond acceptors (Lipinski definition) is 6. The quantitative estimate of drug-likeness (QED) is 0.287. The van der Waals surface area contributed by atoms with Crippen LogP contribution in [-0.2, 0) is 0 Å². The summed E-state index contributed by atoms with van der Waals surface area (Å²) in [6, 6.07) is 18.8. The SMILES string of the molecule is C=C(Nc1cccc(C2CCCN(c3ncnc4[nH]ccc34)C2)c1)Nc1ccccc1-n1ccnc1. The molecule has 8 heteroatoms. The van der Waals surface area contributed by atoms with Crippen molar-refractivity contribution in [3.8, 4) is 5.69 Å². The number of nitrogens with zero attached hydrogens (tertiary/aromatic N) is 5. The van der Waals surface area contributed by atoms with Crippen LogP contribution in [-0.4, -0.2) is 37.6 Å². The zero-order valence-corrected chi connectivity index (χ0v) is 19.9. The van der Waals surface area contributed by atoms with Crippen LogP contribution in [0.5, 0.6) is 0 Å². The molecule has 1 saturated heterocycles. The number of piperidine rings is 1. The van der Waals surface area contributed by atoms with Crippen LogP contribution in [0, 0.1) is 0 Å². The summed E-state index contributed by atoms with van der Waals surface area (Å²) >= 11 is 0. The fourth-order valence-corrected chi connectivity index (χ4v) is 5.00. The van der Waals surface area contributed by atoms with Crippen LogP contribution in [0.3, 0.4) is 0 Å². The van der Waals surface area contributed by atoms with Crippen LogP contribution in [0.1, 0.15) is 24.3 Å². The second-order valence-corrected chi connectivity index (χ2v) is 9.06. The standard InChI is InChI=1S/C28H28N8/c1-20(34-25-9-2-3-10-26(25)36-15-13-29-19-36)33-23-8-4-6-21(16-23)22-7-5-14-35(17-22)28-24-11-12-30-27(24)31-18-32-28/h2-4,6,8-13,15-16,18-19,22,33-34H,1,5,7,14,17H2,(H,30,31,32). The number of anilines is 3. The number of aromatic nitrogens is 5. The molecule has 36 heavy (non-hydrogen) atoms. The molecular weight excluding hydrogens is 448 g/mol. The van der Waals surface area contributed by atoms with E-state index in [0.717, 1.165) is 59.8 Å². The number of H-pyrrole nitrogens is 1. The van der Waals surface area contributed by atoms with Gasteiger partial charge in [-0.25, -0.2) is 15.0 Å². The first-order chi connectivity index (χ1) is 17.7. The van der Waals surface area contributed by atoms with Gasteiger partial charge in [-0.3, -0.25) is 0 Å². The average molecular weight is 477 g/mol. The number of hydrogen-bond donors (Lipinski definition) is 3. The molecule has 5 aromatic rings. The maximum absolute atomic E-state index is 4.61. The van der Waals surface area contributed by atoms with E-state index in [9.17, 15) is 0 Å². The summed E-state index contributed by atoms with van der Waals surface area (Å²) in [7, 11) is 0. The van der Waals surface area contributed by atoms with Crippen molar-refractivity contribution in [2.75, 3.05) is 28.6 Å². The van der Waals surface area contributed by atoms with E-state index in [2.05, 4.69) is 72.4 Å². The van der Waals surface area contributed by atoms with Gasteiger partial charge in [0.2, 0.25) is 0 Å². The highest BCUT2D eigenvalue weighted by Crippen LogP contribution is 2.33. The summed E-state index contributed by atoms with van der Waals surface area (Å²) < 4.78 is 1.98. The van der Waals surface area contributed by atoms with Gasteiger partial charge in [0.1, 0.15) is 23.6 Å². The lowest BCUT2D eigenvalue weighted by molar-refractivity contribution is 0.508. The van der Waals surface area contributed by atoms with Gasteiger partial charge in [0, 0.05) is 43.3 Å². The minimum absolute atomic E-state index is 0.424. The van der Waals surface area contributed by atoms with E-state index >= 15 is 0 Å². The van der Waals surface area contributed by atoms with Crippen LogP contribution in [0.15, 0.2) is 98.2 Å². The van der Waals surface area contributed by atoms with Gasteiger partial charge in [-0.2, -0.15) is 0 Å². The minimum atomic E-state index is 0.424. The smallest absolute Gasteiger partial charge is 0.142 e. The maximum Gasteiger partial charge on any atom is 0.142 e. The van der Waals surface area contributed by atoms with Crippen molar-refractivity contribution in [3.63, 3.8) is 0 Å². The molecule has 0 aliphatic carbocycles. The molecule has 1 aliphatic heterocycles. The molecule has 2 aromatic carbocycles. The maximum atomic E-state index is 4.61. The topological polar surface area (TPSA) is 86.7 Å². The van der Waals surface area contributed by atoms with Crippen molar-refractivity contribution in [3.05, 3.63) is 104 Å². The van der Waals surface area contributed by atoms with Crippen molar-refractivity contribution in [1.29, 1.82) is 0 Å². The highest BCUT2D eigenvalue weighted by atomic mass is 15.2. The van der Waals surface area contributed by atoms with Gasteiger partial charge in [-0.1, -0.05) is 30.8 Å². The molecule has 0 saturated carbocycles. The van der Waals surface area contributed by atoms with Gasteiger partial charge in [-0.05, 0) is 48.7 Å². The molecule has 1 unspecified atom stereocenters. The Morgan fingerprint density at radius 1 is 1.06 bits per heavy atom. The molecule has 8 nitrogen and oxygen atoms in total. The van der Waals surface area contributed by atoms with E-state index < -0.39 is 0 Å². The van der Waals surface area contributed by atoms with Crippen LogP contribution < -0.4 is 15.5 Å². The summed E-state index contributed by atoms with van der Waals surface area (Å²) in [5.74, 6) is 2.14. The molecular formula is C28H28N8. The van der Waals surface area contributed by atoms with E-state index in [-0.39, 0.29) is 0 Å². The fraction of sp³-hybridized carbons (Fsp3) is 0.179. The molecule has 1 aliphatic rings. The van der Waals surface area contributed by atoms with Gasteiger partial charge in [-0.15, -0.1) is 0 Å². The Kier molecular flexibility index (Phi) is 5.83. The van der Waals surface area contributed by atoms with Gasteiger partial charge in [0.15, 0.2) is 0 Å². The number of rotatable bonds is 7. The molecule has 3 aromatic heterocycles. The summed E-state index contributed by atoms with van der Waals surface area (Å²) in [5.41, 5.74) is 5.17. The lowest BCUT2D eigenvalue weighted by atomic mass is 9.90. The zero-order chi connectivity index (χ0) is 24.3. The van der Waals surface area contributed by atoms with Gasteiger partial charge >= 0.3 is 0 Å². The van der Waals surface area contributed by atoms with Crippen molar-refractivity contribution in [1.82, 2.24) is 24.5 Å². The van der Waals surface area contributed by atoms with Gasteiger partial charge in [0.05, 0.1) is 23.1 Å². The summed E-state index contributed by atoms with van der Waals surface area (Å²) in [6.45, 7) is 6.14. The zero-order valence-electron chi connectivity index (χ0n) is 19.9. The second-order valence-electron chi connectivity index (χ2n) is 9.06. The van der Waals surface area contributed by atoms with Crippen LogP contribution in [0.2, 0.25) is 0 Å². The Morgan fingerprint density at radius 2 is 2.00 bits per heavy atom. The number of para-hydroxylation sites is 2. The molecule has 0 bridgehead atoms. The largest absolute Gasteiger partial charge is 0.355 e. The molecule has 0 spiro atoms. The Hall–Kier alpha value is -4.59. The molecule has 0 amide bonds. The highest BCUT2D eigenvalue weighted by molar-refractivity contribution is 5.87. The summed E-state index contributed by atoms with van der Waals surface area (Å²) in [5, 5.41) is 7.92. The highest BCUT2D eigenvalue weighted by Gasteiger charge is 2.24. The van der Waals surface area contributed by atoms with E-state index in [1.165, 1.54) is 5.56 Å². The van der Waals surface area contributed by atoms with Gasteiger partial charge in [0.25, 0.3) is 0 Å². The Morgan fingerprint density at radius 3 is 2.92 bits per heavy atom. The van der Waals surface area contributed by atoms with E-state index in [0.29, 0.717) is 11.7 Å². The predicted molar refractivity (Wildman–Crippen MR) is 144 cm³/mol. The number of imidazole rings is 1. The predicted octanol–water partition coefficient (Wildman–Crippen LogP) is 5.52. The molecule has 1 fully saturated rings. The average Bonchev–Trinajstić information content (AvgIpc) is 3.62. The lowest BCUT2D eigenvalue weighted by Crippen LogP contribution is -2.35. The molecule has 0 radical (unpaired) electrons. The van der Waals surface area contributed by atoms with Crippen molar-refractivity contribution < 1.29 is 0 Å². The molecule has 180 valence electrons. The Bertz CT molecular complexity index is 1490. The van der Waals surface area contributed by atoms with Crippen molar-refractivity contribution in [2.24, 2.45) is 0 Å². The molecule has 1 atom stereocenters. The first-order valence-electron chi connectivity index (χ1n) is 12.2. The second kappa shape index (κ2) is 9.58. The number of fused-ring (bicyclic) bond motifs is 1. The van der Waals surface area contributed by atoms with Gasteiger partial charge < -0.3 is 25.1 Å².